The Kier molecular flexibility index (Phi) is 6.96. The highest BCUT2D eigenvalue weighted by Crippen LogP contribution is 2.32. The van der Waals surface area contributed by atoms with Gasteiger partial charge in [0.1, 0.15) is 21.4 Å². The van der Waals surface area contributed by atoms with Gasteiger partial charge in [0.25, 0.3) is 0 Å². The van der Waals surface area contributed by atoms with E-state index in [1.54, 1.807) is 12.4 Å². The van der Waals surface area contributed by atoms with Gasteiger partial charge in [-0.1, -0.05) is 22.8 Å². The molecule has 0 unspecified atom stereocenters. The Morgan fingerprint density at radius 2 is 1.92 bits per heavy atom. The molecule has 1 aliphatic rings. The summed E-state index contributed by atoms with van der Waals surface area (Å²) in [5.74, 6) is 1.37. The van der Waals surface area contributed by atoms with E-state index >= 15 is 0 Å². The number of hydrogen-bond acceptors (Lipinski definition) is 9. The lowest BCUT2D eigenvalue weighted by molar-refractivity contribution is 0.0948. The molecule has 0 aliphatic carbocycles. The topological polar surface area (TPSA) is 128 Å². The first-order valence-corrected chi connectivity index (χ1v) is 14.2. The molecule has 9 nitrogen and oxygen atoms in total. The molecule has 0 amide bonds. The van der Waals surface area contributed by atoms with Gasteiger partial charge in [-0.15, -0.1) is 0 Å². The number of anilines is 1. The van der Waals surface area contributed by atoms with Gasteiger partial charge < -0.3 is 9.84 Å². The molecule has 0 bridgehead atoms. The first-order valence-electron chi connectivity index (χ1n) is 12.0. The van der Waals surface area contributed by atoms with Crippen LogP contribution in [0.2, 0.25) is 5.02 Å². The molecule has 1 saturated heterocycles. The Balaban J connectivity index is 1.50. The number of Topliss-reactive ketones (excluding diaryl/α,β-unsaturated/α-hetero) is 1. The van der Waals surface area contributed by atoms with Crippen molar-refractivity contribution in [2.24, 2.45) is 5.92 Å². The molecule has 11 heteroatoms. The summed E-state index contributed by atoms with van der Waals surface area (Å²) in [7, 11) is -3.00. The van der Waals surface area contributed by atoms with Crippen molar-refractivity contribution < 1.29 is 17.7 Å². The number of pyridine rings is 1. The molecule has 1 aromatic carbocycles. The number of rotatable bonds is 7. The molecular formula is C26H26ClN5O4S. The number of carbonyl (C=O) groups excluding carboxylic acids is 1. The van der Waals surface area contributed by atoms with Crippen molar-refractivity contribution in [1.29, 1.82) is 0 Å². The fourth-order valence-corrected chi connectivity index (χ4v) is 6.46. The zero-order chi connectivity index (χ0) is 26.2. The molecule has 192 valence electrons. The molecule has 37 heavy (non-hydrogen) atoms. The number of benzene rings is 1. The van der Waals surface area contributed by atoms with Crippen LogP contribution in [0.25, 0.3) is 22.0 Å². The molecule has 1 fully saturated rings. The monoisotopic (exact) mass is 539 g/mol. The maximum absolute atomic E-state index is 13.2. The van der Waals surface area contributed by atoms with Gasteiger partial charge in [0, 0.05) is 36.3 Å². The molecule has 0 saturated carbocycles. The zero-order valence-corrected chi connectivity index (χ0v) is 22.1. The minimum absolute atomic E-state index is 0.00573. The average molecular weight is 540 g/mol. The quantitative estimate of drug-likeness (QED) is 0.324. The highest BCUT2D eigenvalue weighted by atomic mass is 35.5. The van der Waals surface area contributed by atoms with Crippen LogP contribution in [-0.4, -0.2) is 45.8 Å². The van der Waals surface area contributed by atoms with Crippen LogP contribution < -0.4 is 5.32 Å². The SMILES string of the molecule is Cc1noc(C)c1-c1ccc2nc(C(=O)CC3CCS(=O)(=O)CC3)nc(NCc3cncc(Cl)c3)c2c1. The third-order valence-corrected chi connectivity index (χ3v) is 8.56. The average Bonchev–Trinajstić information content (AvgIpc) is 3.21. The first kappa shape index (κ1) is 25.3. The fourth-order valence-electron chi connectivity index (χ4n) is 4.67. The van der Waals surface area contributed by atoms with Crippen LogP contribution in [0.5, 0.6) is 0 Å². The van der Waals surface area contributed by atoms with E-state index in [0.29, 0.717) is 41.5 Å². The summed E-state index contributed by atoms with van der Waals surface area (Å²) in [5, 5.41) is 8.65. The van der Waals surface area contributed by atoms with Gasteiger partial charge in [-0.05, 0) is 61.9 Å². The summed E-state index contributed by atoms with van der Waals surface area (Å²) in [5.41, 5.74) is 4.06. The van der Waals surface area contributed by atoms with Crippen molar-refractivity contribution in [1.82, 2.24) is 20.1 Å². The second kappa shape index (κ2) is 10.2. The number of sulfone groups is 1. The second-order valence-electron chi connectivity index (χ2n) is 9.41. The van der Waals surface area contributed by atoms with Crippen molar-refractivity contribution in [2.45, 2.75) is 39.7 Å². The highest BCUT2D eigenvalue weighted by molar-refractivity contribution is 7.91. The summed E-state index contributed by atoms with van der Waals surface area (Å²) >= 11 is 6.09. The van der Waals surface area contributed by atoms with E-state index in [1.165, 1.54) is 0 Å². The Labute approximate surface area is 219 Å². The Hall–Kier alpha value is -3.37. The van der Waals surface area contributed by atoms with E-state index in [4.69, 9.17) is 16.1 Å². The Morgan fingerprint density at radius 1 is 1.14 bits per heavy atom. The zero-order valence-electron chi connectivity index (χ0n) is 20.5. The lowest BCUT2D eigenvalue weighted by Crippen LogP contribution is -2.25. The number of nitrogens with zero attached hydrogens (tertiary/aromatic N) is 4. The molecule has 0 spiro atoms. The van der Waals surface area contributed by atoms with E-state index in [-0.39, 0.29) is 35.5 Å². The van der Waals surface area contributed by atoms with Gasteiger partial charge in [-0.3, -0.25) is 9.78 Å². The maximum atomic E-state index is 13.2. The van der Waals surface area contributed by atoms with Gasteiger partial charge in [0.2, 0.25) is 0 Å². The third kappa shape index (κ3) is 5.65. The normalized spacial score (nSPS) is 15.6. The van der Waals surface area contributed by atoms with Gasteiger partial charge >= 0.3 is 0 Å². The third-order valence-electron chi connectivity index (χ3n) is 6.64. The number of nitrogens with one attached hydrogen (secondary N) is 1. The van der Waals surface area contributed by atoms with Crippen LogP contribution >= 0.6 is 11.6 Å². The maximum Gasteiger partial charge on any atom is 0.200 e. The van der Waals surface area contributed by atoms with Gasteiger partial charge in [-0.2, -0.15) is 0 Å². The largest absolute Gasteiger partial charge is 0.365 e. The molecule has 4 aromatic rings. The highest BCUT2D eigenvalue weighted by Gasteiger charge is 2.27. The van der Waals surface area contributed by atoms with E-state index in [9.17, 15) is 13.2 Å². The Bertz CT molecular complexity index is 1570. The number of ketones is 1. The van der Waals surface area contributed by atoms with E-state index in [1.807, 2.05) is 38.1 Å². The van der Waals surface area contributed by atoms with E-state index in [0.717, 1.165) is 27.8 Å². The van der Waals surface area contributed by atoms with Crippen LogP contribution in [0.15, 0.2) is 41.2 Å². The molecule has 5 rings (SSSR count). The minimum atomic E-state index is -3.00. The summed E-state index contributed by atoms with van der Waals surface area (Å²) in [4.78, 5) is 26.5. The summed E-state index contributed by atoms with van der Waals surface area (Å²) in [6.45, 7) is 4.14. The van der Waals surface area contributed by atoms with Crippen LogP contribution in [0.4, 0.5) is 5.82 Å². The predicted octanol–water partition coefficient (Wildman–Crippen LogP) is 4.96. The number of aromatic nitrogens is 4. The molecular weight excluding hydrogens is 514 g/mol. The van der Waals surface area contributed by atoms with Crippen LogP contribution in [0.3, 0.4) is 0 Å². The minimum Gasteiger partial charge on any atom is -0.365 e. The number of aryl methyl sites for hydroxylation is 2. The standard InChI is InChI=1S/C26H26ClN5O4S/c1-15-24(16(2)36-32-15)19-3-4-22-21(11-19)25(29-13-18-9-20(27)14-28-12-18)31-26(30-22)23(33)10-17-5-7-37(34,35)8-6-17/h3-4,9,11-12,14,17H,5-8,10,13H2,1-2H3,(H,29,30,31). The smallest absolute Gasteiger partial charge is 0.200 e. The first-order chi connectivity index (χ1) is 17.7. The number of hydrogen-bond donors (Lipinski definition) is 1. The molecule has 1 N–H and O–H groups in total. The summed E-state index contributed by atoms with van der Waals surface area (Å²) in [6.07, 6.45) is 4.45. The van der Waals surface area contributed by atoms with Crippen molar-refractivity contribution in [3.63, 3.8) is 0 Å². The number of halogens is 1. The van der Waals surface area contributed by atoms with Crippen LogP contribution in [-0.2, 0) is 16.4 Å². The van der Waals surface area contributed by atoms with E-state index in [2.05, 4.69) is 25.4 Å². The van der Waals surface area contributed by atoms with Crippen LogP contribution in [0, 0.1) is 19.8 Å². The van der Waals surface area contributed by atoms with Crippen molar-refractivity contribution >= 4 is 43.9 Å². The molecule has 3 aromatic heterocycles. The summed E-state index contributed by atoms with van der Waals surface area (Å²) < 4.78 is 28.9. The molecule has 0 atom stereocenters. The summed E-state index contributed by atoms with van der Waals surface area (Å²) in [6, 6.07) is 7.55. The van der Waals surface area contributed by atoms with Crippen molar-refractivity contribution in [3.8, 4) is 11.1 Å². The van der Waals surface area contributed by atoms with Gasteiger partial charge in [0.05, 0.1) is 27.7 Å². The number of carbonyl (C=O) groups is 1. The van der Waals surface area contributed by atoms with Crippen LogP contribution in [0.1, 0.15) is 46.9 Å². The lowest BCUT2D eigenvalue weighted by Gasteiger charge is -2.21. The van der Waals surface area contributed by atoms with Crippen molar-refractivity contribution in [3.05, 3.63) is 64.5 Å². The number of fused-ring (bicyclic) bond motifs is 1. The fraction of sp³-hybridized carbons (Fsp3) is 0.346. The van der Waals surface area contributed by atoms with E-state index < -0.39 is 9.84 Å². The van der Waals surface area contributed by atoms with Gasteiger partial charge in [-0.25, -0.2) is 18.4 Å². The van der Waals surface area contributed by atoms with Crippen molar-refractivity contribution in [2.75, 3.05) is 16.8 Å². The predicted molar refractivity (Wildman–Crippen MR) is 141 cm³/mol. The lowest BCUT2D eigenvalue weighted by atomic mass is 9.96. The molecule has 4 heterocycles. The molecule has 1 aliphatic heterocycles. The van der Waals surface area contributed by atoms with Gasteiger partial charge in [0.15, 0.2) is 11.6 Å². The molecule has 0 radical (unpaired) electrons. The second-order valence-corrected chi connectivity index (χ2v) is 12.2. The Morgan fingerprint density at radius 3 is 2.62 bits per heavy atom.